The van der Waals surface area contributed by atoms with Gasteiger partial charge in [-0.1, -0.05) is 41.6 Å². The van der Waals surface area contributed by atoms with Crippen LogP contribution in [0.1, 0.15) is 24.5 Å². The van der Waals surface area contributed by atoms with E-state index < -0.39 is 5.25 Å². The van der Waals surface area contributed by atoms with E-state index in [4.69, 9.17) is 4.74 Å². The number of ether oxygens (including phenoxy) is 1. The van der Waals surface area contributed by atoms with Gasteiger partial charge in [-0.25, -0.2) is 4.99 Å². The number of amides is 2. The summed E-state index contributed by atoms with van der Waals surface area (Å²) in [6.07, 6.45) is 0.0955. The number of aliphatic imine (C=N–C) groups is 1. The molecule has 7 heteroatoms. The molecule has 1 aliphatic heterocycles. The fraction of sp³-hybridized carbons (Fsp3) is 0.318. The molecule has 1 saturated heterocycles. The van der Waals surface area contributed by atoms with Crippen molar-refractivity contribution >= 4 is 40.1 Å². The number of methoxy groups -OCH3 is 1. The standard InChI is InChI=1S/C22H25N3O3S/c1-5-25-21(27)19(13-20(26)23-16-11-10-14(2)12-15(16)3)29-22(25)24-17-8-6-7-9-18(17)28-4/h6-12,19H,5,13H2,1-4H3,(H,23,26)/t19-/m0/s1. The Labute approximate surface area is 175 Å². The van der Waals surface area contributed by atoms with E-state index in [-0.39, 0.29) is 18.2 Å². The fourth-order valence-electron chi connectivity index (χ4n) is 3.16. The van der Waals surface area contributed by atoms with Crippen molar-refractivity contribution in [1.29, 1.82) is 0 Å². The van der Waals surface area contributed by atoms with Gasteiger partial charge in [-0.3, -0.25) is 14.5 Å². The van der Waals surface area contributed by atoms with Gasteiger partial charge in [0.1, 0.15) is 16.7 Å². The van der Waals surface area contributed by atoms with Crippen LogP contribution in [-0.4, -0.2) is 40.8 Å². The Morgan fingerprint density at radius 1 is 1.24 bits per heavy atom. The molecule has 0 aliphatic carbocycles. The number of anilines is 1. The van der Waals surface area contributed by atoms with Crippen molar-refractivity contribution in [2.45, 2.75) is 32.4 Å². The van der Waals surface area contributed by atoms with Crippen molar-refractivity contribution in [3.8, 4) is 5.75 Å². The minimum atomic E-state index is -0.492. The molecule has 0 saturated carbocycles. The molecule has 0 aromatic heterocycles. The Morgan fingerprint density at radius 3 is 2.69 bits per heavy atom. The molecular weight excluding hydrogens is 386 g/mol. The van der Waals surface area contributed by atoms with Gasteiger partial charge in [0.2, 0.25) is 11.8 Å². The van der Waals surface area contributed by atoms with E-state index in [1.54, 1.807) is 12.0 Å². The number of hydrogen-bond donors (Lipinski definition) is 1. The number of aryl methyl sites for hydroxylation is 2. The summed E-state index contributed by atoms with van der Waals surface area (Å²) in [5, 5.41) is 3.02. The maximum atomic E-state index is 12.8. The molecule has 1 heterocycles. The summed E-state index contributed by atoms with van der Waals surface area (Å²) in [5.74, 6) is 0.361. The molecule has 0 spiro atoms. The number of carbonyl (C=O) groups excluding carboxylic acids is 2. The van der Waals surface area contributed by atoms with E-state index in [0.717, 1.165) is 16.8 Å². The number of nitrogens with one attached hydrogen (secondary N) is 1. The largest absolute Gasteiger partial charge is 0.494 e. The van der Waals surface area contributed by atoms with Gasteiger partial charge in [-0.15, -0.1) is 0 Å². The van der Waals surface area contributed by atoms with Gasteiger partial charge in [-0.05, 0) is 44.5 Å². The Kier molecular flexibility index (Phi) is 6.59. The summed E-state index contributed by atoms with van der Waals surface area (Å²) in [6, 6.07) is 13.3. The number of carbonyl (C=O) groups is 2. The van der Waals surface area contributed by atoms with E-state index in [2.05, 4.69) is 10.3 Å². The lowest BCUT2D eigenvalue weighted by Crippen LogP contribution is -2.33. The monoisotopic (exact) mass is 411 g/mol. The Balaban J connectivity index is 1.74. The van der Waals surface area contributed by atoms with E-state index in [1.165, 1.54) is 11.8 Å². The summed E-state index contributed by atoms with van der Waals surface area (Å²) in [6.45, 7) is 6.35. The predicted octanol–water partition coefficient (Wildman–Crippen LogP) is 4.29. The number of benzene rings is 2. The van der Waals surface area contributed by atoms with Crippen LogP contribution in [0, 0.1) is 13.8 Å². The average Bonchev–Trinajstić information content (AvgIpc) is 2.98. The normalized spacial score (nSPS) is 17.7. The first-order chi connectivity index (χ1) is 13.9. The lowest BCUT2D eigenvalue weighted by molar-refractivity contribution is -0.128. The highest BCUT2D eigenvalue weighted by atomic mass is 32.2. The second kappa shape index (κ2) is 9.13. The van der Waals surface area contributed by atoms with Crippen LogP contribution in [0.4, 0.5) is 11.4 Å². The van der Waals surface area contributed by atoms with Crippen molar-refractivity contribution in [2.24, 2.45) is 4.99 Å². The number of para-hydroxylation sites is 2. The van der Waals surface area contributed by atoms with Crippen LogP contribution in [0.3, 0.4) is 0 Å². The second-order valence-electron chi connectivity index (χ2n) is 6.83. The molecule has 1 fully saturated rings. The van der Waals surface area contributed by atoms with Crippen LogP contribution in [0.2, 0.25) is 0 Å². The minimum absolute atomic E-state index is 0.0954. The molecule has 1 atom stereocenters. The van der Waals surface area contributed by atoms with Crippen LogP contribution in [0.5, 0.6) is 5.75 Å². The Hall–Kier alpha value is -2.80. The molecule has 2 amide bonds. The van der Waals surface area contributed by atoms with E-state index in [1.807, 2.05) is 63.2 Å². The van der Waals surface area contributed by atoms with Crippen molar-refractivity contribution < 1.29 is 14.3 Å². The van der Waals surface area contributed by atoms with Gasteiger partial charge in [0, 0.05) is 18.7 Å². The zero-order valence-electron chi connectivity index (χ0n) is 17.1. The first-order valence-electron chi connectivity index (χ1n) is 9.49. The van der Waals surface area contributed by atoms with Crippen molar-refractivity contribution in [2.75, 3.05) is 19.0 Å². The summed E-state index contributed by atoms with van der Waals surface area (Å²) in [7, 11) is 1.59. The van der Waals surface area contributed by atoms with Gasteiger partial charge in [-0.2, -0.15) is 0 Å². The zero-order chi connectivity index (χ0) is 21.0. The molecule has 1 N–H and O–H groups in total. The molecule has 29 heavy (non-hydrogen) atoms. The third-order valence-electron chi connectivity index (χ3n) is 4.66. The Morgan fingerprint density at radius 2 is 2.00 bits per heavy atom. The van der Waals surface area contributed by atoms with Gasteiger partial charge in [0.15, 0.2) is 5.17 Å². The molecular formula is C22H25N3O3S. The molecule has 152 valence electrons. The first-order valence-corrected chi connectivity index (χ1v) is 10.4. The van der Waals surface area contributed by atoms with E-state index in [9.17, 15) is 9.59 Å². The maximum Gasteiger partial charge on any atom is 0.242 e. The third kappa shape index (κ3) is 4.79. The lowest BCUT2D eigenvalue weighted by Gasteiger charge is -2.14. The van der Waals surface area contributed by atoms with Gasteiger partial charge in [0.05, 0.1) is 7.11 Å². The number of nitrogens with zero attached hydrogens (tertiary/aromatic N) is 2. The highest BCUT2D eigenvalue weighted by Gasteiger charge is 2.38. The number of rotatable bonds is 6. The highest BCUT2D eigenvalue weighted by molar-refractivity contribution is 8.15. The summed E-state index contributed by atoms with van der Waals surface area (Å²) < 4.78 is 5.34. The average molecular weight is 412 g/mol. The molecule has 2 aromatic carbocycles. The summed E-state index contributed by atoms with van der Waals surface area (Å²) >= 11 is 1.32. The number of amidine groups is 1. The molecule has 0 radical (unpaired) electrons. The summed E-state index contributed by atoms with van der Waals surface area (Å²) in [4.78, 5) is 31.6. The zero-order valence-corrected chi connectivity index (χ0v) is 17.9. The molecule has 0 bridgehead atoms. The predicted molar refractivity (Wildman–Crippen MR) is 118 cm³/mol. The number of thioether (sulfide) groups is 1. The molecule has 1 aliphatic rings. The summed E-state index contributed by atoms with van der Waals surface area (Å²) in [5.41, 5.74) is 3.56. The second-order valence-corrected chi connectivity index (χ2v) is 8.00. The van der Waals surface area contributed by atoms with Crippen LogP contribution >= 0.6 is 11.8 Å². The molecule has 0 unspecified atom stereocenters. The van der Waals surface area contributed by atoms with Gasteiger partial charge < -0.3 is 10.1 Å². The SMILES string of the molecule is CCN1C(=O)[C@H](CC(=O)Nc2ccc(C)cc2C)SC1=Nc1ccccc1OC. The molecule has 6 nitrogen and oxygen atoms in total. The minimum Gasteiger partial charge on any atom is -0.494 e. The smallest absolute Gasteiger partial charge is 0.242 e. The molecule has 2 aromatic rings. The lowest BCUT2D eigenvalue weighted by atomic mass is 10.1. The van der Waals surface area contributed by atoms with Gasteiger partial charge >= 0.3 is 0 Å². The van der Waals surface area contributed by atoms with Crippen LogP contribution in [0.15, 0.2) is 47.5 Å². The first kappa shape index (κ1) is 20.9. The quantitative estimate of drug-likeness (QED) is 0.770. The maximum absolute atomic E-state index is 12.8. The molecule has 3 rings (SSSR count). The van der Waals surface area contributed by atoms with Crippen molar-refractivity contribution in [3.05, 3.63) is 53.6 Å². The van der Waals surface area contributed by atoms with Crippen LogP contribution in [0.25, 0.3) is 0 Å². The Bertz CT molecular complexity index is 958. The van der Waals surface area contributed by atoms with Crippen LogP contribution in [-0.2, 0) is 9.59 Å². The fourth-order valence-corrected chi connectivity index (χ4v) is 4.38. The van der Waals surface area contributed by atoms with E-state index in [0.29, 0.717) is 23.1 Å². The topological polar surface area (TPSA) is 71.0 Å². The highest BCUT2D eigenvalue weighted by Crippen LogP contribution is 2.34. The van der Waals surface area contributed by atoms with Crippen molar-refractivity contribution in [3.63, 3.8) is 0 Å². The third-order valence-corrected chi connectivity index (χ3v) is 5.84. The van der Waals surface area contributed by atoms with E-state index >= 15 is 0 Å². The van der Waals surface area contributed by atoms with Gasteiger partial charge in [0.25, 0.3) is 0 Å². The van der Waals surface area contributed by atoms with Crippen molar-refractivity contribution in [1.82, 2.24) is 4.90 Å². The van der Waals surface area contributed by atoms with Crippen LogP contribution < -0.4 is 10.1 Å². The number of hydrogen-bond acceptors (Lipinski definition) is 5.